The van der Waals surface area contributed by atoms with Crippen LogP contribution in [0.2, 0.25) is 0 Å². The van der Waals surface area contributed by atoms with Crippen molar-refractivity contribution in [1.82, 2.24) is 5.43 Å². The van der Waals surface area contributed by atoms with Crippen molar-refractivity contribution in [3.05, 3.63) is 23.8 Å². The Labute approximate surface area is 92.4 Å². The molecule has 2 rings (SSSR count). The number of nitrogens with one attached hydrogen (secondary N) is 1. The number of phenolic OH excluding ortho intramolecular Hbond substituents is 2. The third kappa shape index (κ3) is 2.31. The van der Waals surface area contributed by atoms with Crippen LogP contribution in [0.15, 0.2) is 23.3 Å². The van der Waals surface area contributed by atoms with Gasteiger partial charge >= 0.3 is 0 Å². The Morgan fingerprint density at radius 3 is 2.88 bits per heavy atom. The molecule has 1 aromatic rings. The Balaban J connectivity index is 1.99. The second-order valence-corrected chi connectivity index (χ2v) is 3.72. The number of rotatable bonds is 3. The number of amides is 1. The number of aromatic hydroxyl groups is 2. The van der Waals surface area contributed by atoms with Gasteiger partial charge in [-0.3, -0.25) is 4.79 Å². The molecule has 0 radical (unpaired) electrons. The number of carbonyl (C=O) groups excluding carboxylic acids is 1. The predicted molar refractivity (Wildman–Crippen MR) is 58.2 cm³/mol. The fourth-order valence-electron chi connectivity index (χ4n) is 1.26. The van der Waals surface area contributed by atoms with E-state index in [9.17, 15) is 15.0 Å². The van der Waals surface area contributed by atoms with Crippen molar-refractivity contribution < 1.29 is 15.0 Å². The van der Waals surface area contributed by atoms with Crippen molar-refractivity contribution in [2.24, 2.45) is 11.0 Å². The van der Waals surface area contributed by atoms with Crippen molar-refractivity contribution >= 4 is 12.1 Å². The van der Waals surface area contributed by atoms with Gasteiger partial charge in [-0.1, -0.05) is 6.07 Å². The summed E-state index contributed by atoms with van der Waals surface area (Å²) in [5.41, 5.74) is 2.74. The number of phenols is 2. The summed E-state index contributed by atoms with van der Waals surface area (Å²) in [6, 6.07) is 4.54. The molecule has 0 spiro atoms. The molecule has 0 unspecified atom stereocenters. The number of hydrazone groups is 1. The quantitative estimate of drug-likeness (QED) is 0.403. The monoisotopic (exact) mass is 220 g/mol. The first-order valence-electron chi connectivity index (χ1n) is 5.02. The lowest BCUT2D eigenvalue weighted by molar-refractivity contribution is -0.122. The summed E-state index contributed by atoms with van der Waals surface area (Å²) >= 11 is 0. The number of nitrogens with zero attached hydrogens (tertiary/aromatic N) is 1. The molecule has 5 heteroatoms. The average Bonchev–Trinajstić information content (AvgIpc) is 3.07. The van der Waals surface area contributed by atoms with Crippen LogP contribution < -0.4 is 5.43 Å². The molecule has 0 atom stereocenters. The number of hydrogen-bond donors (Lipinski definition) is 3. The summed E-state index contributed by atoms with van der Waals surface area (Å²) in [5, 5.41) is 22.3. The summed E-state index contributed by atoms with van der Waals surface area (Å²) in [6.07, 6.45) is 3.13. The van der Waals surface area contributed by atoms with E-state index in [1.165, 1.54) is 12.3 Å². The molecular weight excluding hydrogens is 208 g/mol. The first kappa shape index (κ1) is 10.5. The maximum absolute atomic E-state index is 11.2. The first-order chi connectivity index (χ1) is 7.68. The fraction of sp³-hybridized carbons (Fsp3) is 0.273. The minimum atomic E-state index is -0.244. The van der Waals surface area contributed by atoms with Crippen LogP contribution in [-0.2, 0) is 4.79 Å². The van der Waals surface area contributed by atoms with Crippen LogP contribution in [0.3, 0.4) is 0 Å². The van der Waals surface area contributed by atoms with E-state index in [0.717, 1.165) is 12.8 Å². The van der Waals surface area contributed by atoms with Crippen molar-refractivity contribution in [2.75, 3.05) is 0 Å². The standard InChI is InChI=1S/C11H12N2O3/c14-9-3-1-2-8(10(9)15)6-12-13-11(16)7-4-5-7/h1-3,6-7,14-15H,4-5H2,(H,13,16)/b12-6-. The molecule has 16 heavy (non-hydrogen) atoms. The summed E-state index contributed by atoms with van der Waals surface area (Å²) in [6.45, 7) is 0. The van der Waals surface area contributed by atoms with Gasteiger partial charge < -0.3 is 10.2 Å². The zero-order chi connectivity index (χ0) is 11.5. The van der Waals surface area contributed by atoms with Gasteiger partial charge in [-0.05, 0) is 25.0 Å². The molecule has 3 N–H and O–H groups in total. The summed E-state index contributed by atoms with van der Waals surface area (Å²) in [4.78, 5) is 11.2. The minimum absolute atomic E-state index is 0.0925. The molecule has 1 aromatic carbocycles. The van der Waals surface area contributed by atoms with Gasteiger partial charge in [-0.15, -0.1) is 0 Å². The second kappa shape index (κ2) is 4.22. The molecule has 1 fully saturated rings. The van der Waals surface area contributed by atoms with Crippen LogP contribution in [0.1, 0.15) is 18.4 Å². The van der Waals surface area contributed by atoms with Crippen LogP contribution in [0.25, 0.3) is 0 Å². The molecule has 1 saturated carbocycles. The minimum Gasteiger partial charge on any atom is -0.504 e. The molecular formula is C11H12N2O3. The van der Waals surface area contributed by atoms with E-state index in [-0.39, 0.29) is 23.3 Å². The van der Waals surface area contributed by atoms with Crippen molar-refractivity contribution in [2.45, 2.75) is 12.8 Å². The number of benzene rings is 1. The lowest BCUT2D eigenvalue weighted by Crippen LogP contribution is -2.18. The SMILES string of the molecule is O=C(N/N=C\c1cccc(O)c1O)C1CC1. The Morgan fingerprint density at radius 2 is 2.19 bits per heavy atom. The normalized spacial score (nSPS) is 15.2. The number of carbonyl (C=O) groups is 1. The van der Waals surface area contributed by atoms with Crippen LogP contribution in [0.5, 0.6) is 11.5 Å². The number of hydrogen-bond acceptors (Lipinski definition) is 4. The van der Waals surface area contributed by atoms with Gasteiger partial charge in [-0.2, -0.15) is 5.10 Å². The first-order valence-corrected chi connectivity index (χ1v) is 5.02. The molecule has 0 aromatic heterocycles. The molecule has 1 aliphatic carbocycles. The van der Waals surface area contributed by atoms with Crippen LogP contribution in [0, 0.1) is 5.92 Å². The van der Waals surface area contributed by atoms with E-state index >= 15 is 0 Å². The largest absolute Gasteiger partial charge is 0.504 e. The fourth-order valence-corrected chi connectivity index (χ4v) is 1.26. The van der Waals surface area contributed by atoms with Crippen LogP contribution in [0.4, 0.5) is 0 Å². The number of para-hydroxylation sites is 1. The average molecular weight is 220 g/mol. The van der Waals surface area contributed by atoms with Crippen LogP contribution >= 0.6 is 0 Å². The predicted octanol–water partition coefficient (Wildman–Crippen LogP) is 0.958. The highest BCUT2D eigenvalue weighted by molar-refractivity contribution is 5.87. The maximum Gasteiger partial charge on any atom is 0.243 e. The second-order valence-electron chi connectivity index (χ2n) is 3.72. The Morgan fingerprint density at radius 1 is 1.44 bits per heavy atom. The van der Waals surface area contributed by atoms with E-state index in [1.807, 2.05) is 0 Å². The van der Waals surface area contributed by atoms with Gasteiger partial charge in [0.25, 0.3) is 0 Å². The molecule has 0 heterocycles. The zero-order valence-corrected chi connectivity index (χ0v) is 8.55. The van der Waals surface area contributed by atoms with E-state index in [2.05, 4.69) is 10.5 Å². The maximum atomic E-state index is 11.2. The lowest BCUT2D eigenvalue weighted by atomic mass is 10.2. The van der Waals surface area contributed by atoms with Gasteiger partial charge in [0, 0.05) is 11.5 Å². The van der Waals surface area contributed by atoms with E-state index in [0.29, 0.717) is 5.56 Å². The summed E-state index contributed by atoms with van der Waals surface area (Å²) < 4.78 is 0. The Bertz CT molecular complexity index is 439. The third-order valence-electron chi connectivity index (χ3n) is 2.37. The van der Waals surface area contributed by atoms with E-state index in [1.54, 1.807) is 12.1 Å². The van der Waals surface area contributed by atoms with Gasteiger partial charge in [0.2, 0.25) is 5.91 Å². The highest BCUT2D eigenvalue weighted by atomic mass is 16.3. The lowest BCUT2D eigenvalue weighted by Gasteiger charge is -2.00. The van der Waals surface area contributed by atoms with Gasteiger partial charge in [0.05, 0.1) is 6.21 Å². The smallest absolute Gasteiger partial charge is 0.243 e. The summed E-state index contributed by atoms with van der Waals surface area (Å²) in [5.74, 6) is -0.463. The molecule has 5 nitrogen and oxygen atoms in total. The molecule has 1 amide bonds. The molecule has 84 valence electrons. The van der Waals surface area contributed by atoms with Crippen molar-refractivity contribution in [1.29, 1.82) is 0 Å². The summed E-state index contributed by atoms with van der Waals surface area (Å²) in [7, 11) is 0. The van der Waals surface area contributed by atoms with Crippen molar-refractivity contribution in [3.8, 4) is 11.5 Å². The highest BCUT2D eigenvalue weighted by Crippen LogP contribution is 2.29. The molecule has 0 aliphatic heterocycles. The zero-order valence-electron chi connectivity index (χ0n) is 8.55. The van der Waals surface area contributed by atoms with Gasteiger partial charge in [0.1, 0.15) is 0 Å². The third-order valence-corrected chi connectivity index (χ3v) is 2.37. The van der Waals surface area contributed by atoms with Crippen molar-refractivity contribution in [3.63, 3.8) is 0 Å². The van der Waals surface area contributed by atoms with Gasteiger partial charge in [0.15, 0.2) is 11.5 Å². The highest BCUT2D eigenvalue weighted by Gasteiger charge is 2.29. The topological polar surface area (TPSA) is 81.9 Å². The van der Waals surface area contributed by atoms with Gasteiger partial charge in [-0.25, -0.2) is 5.43 Å². The van der Waals surface area contributed by atoms with E-state index in [4.69, 9.17) is 0 Å². The molecule has 1 aliphatic rings. The molecule has 0 saturated heterocycles. The Kier molecular flexibility index (Phi) is 2.76. The molecule has 0 bridgehead atoms. The van der Waals surface area contributed by atoms with E-state index < -0.39 is 0 Å². The Hall–Kier alpha value is -2.04. The van der Waals surface area contributed by atoms with Crippen LogP contribution in [-0.4, -0.2) is 22.3 Å².